The molecule has 3 nitrogen and oxygen atoms in total. The molecule has 112 valence electrons. The molecule has 0 radical (unpaired) electrons. The van der Waals surface area contributed by atoms with E-state index < -0.39 is 21.6 Å². The first-order valence-electron chi connectivity index (χ1n) is 6.76. The Balaban J connectivity index is 2.59. The fourth-order valence-electron chi connectivity index (χ4n) is 1.97. The standard InChI is InChI=1S/C8H6Cl2O3.3C2H5.Pb/c9-5-1-2-7(6(10)3-5)13-4-8(11)12;3*1-2;/h1-3H,4H2,(H,11,12);3*1H2,2H3;/q;;;;+1/p-1. The van der Waals surface area contributed by atoms with Crippen LogP contribution in [0, 0.1) is 0 Å². The third kappa shape index (κ3) is 5.08. The van der Waals surface area contributed by atoms with Gasteiger partial charge in [0.15, 0.2) is 0 Å². The summed E-state index contributed by atoms with van der Waals surface area (Å²) in [4.78, 5) is 11.9. The number of rotatable bonds is 7. The minimum absolute atomic E-state index is 0.108. The molecule has 1 aromatic rings. The molecule has 0 amide bonds. The van der Waals surface area contributed by atoms with Gasteiger partial charge >= 0.3 is 136 Å². The van der Waals surface area contributed by atoms with Gasteiger partial charge in [-0.05, 0) is 0 Å². The molecule has 0 heterocycles. The van der Waals surface area contributed by atoms with E-state index >= 15 is 0 Å². The van der Waals surface area contributed by atoms with E-state index in [1.807, 2.05) is 0 Å². The molecule has 0 fully saturated rings. The monoisotopic (exact) mass is 514 g/mol. The Hall–Kier alpha value is -0.00792. The maximum atomic E-state index is 11.9. The Kier molecular flexibility index (Phi) is 7.61. The Labute approximate surface area is 135 Å². The summed E-state index contributed by atoms with van der Waals surface area (Å²) >= 11 is 8.94. The van der Waals surface area contributed by atoms with Crippen molar-refractivity contribution in [2.24, 2.45) is 0 Å². The van der Waals surface area contributed by atoms with Crippen LogP contribution >= 0.6 is 23.2 Å². The van der Waals surface area contributed by atoms with Gasteiger partial charge in [-0.3, -0.25) is 0 Å². The van der Waals surface area contributed by atoms with E-state index in [1.54, 1.807) is 18.2 Å². The maximum absolute atomic E-state index is 11.9. The van der Waals surface area contributed by atoms with Crippen LogP contribution in [0.25, 0.3) is 0 Å². The molecule has 0 aromatic heterocycles. The summed E-state index contributed by atoms with van der Waals surface area (Å²) in [6.07, 6.45) is 0. The van der Waals surface area contributed by atoms with Crippen molar-refractivity contribution in [3.63, 3.8) is 0 Å². The van der Waals surface area contributed by atoms with E-state index in [0.717, 1.165) is 11.9 Å². The number of hydrogen-bond acceptors (Lipinski definition) is 3. The molecule has 1 aromatic carbocycles. The molecular formula is C14H20Cl2O3Pb. The van der Waals surface area contributed by atoms with Gasteiger partial charge in [0.1, 0.15) is 0 Å². The van der Waals surface area contributed by atoms with Gasteiger partial charge in [-0.1, -0.05) is 0 Å². The summed E-state index contributed by atoms with van der Waals surface area (Å²) < 4.78 is 14.2. The normalized spacial score (nSPS) is 11.2. The Morgan fingerprint density at radius 3 is 2.25 bits per heavy atom. The molecule has 0 atom stereocenters. The zero-order valence-electron chi connectivity index (χ0n) is 12.0. The number of carbonyl (C=O) groups is 1. The van der Waals surface area contributed by atoms with Crippen LogP contribution in [0.3, 0.4) is 0 Å². The van der Waals surface area contributed by atoms with Crippen molar-refractivity contribution in [3.8, 4) is 5.75 Å². The van der Waals surface area contributed by atoms with Gasteiger partial charge in [-0.2, -0.15) is 0 Å². The van der Waals surface area contributed by atoms with Crippen molar-refractivity contribution in [3.05, 3.63) is 28.2 Å². The van der Waals surface area contributed by atoms with Crippen LogP contribution in [0.4, 0.5) is 0 Å². The summed E-state index contributed by atoms with van der Waals surface area (Å²) in [7, 11) is 0. The van der Waals surface area contributed by atoms with Gasteiger partial charge in [0.05, 0.1) is 0 Å². The third-order valence-corrected chi connectivity index (χ3v) is 21.6. The molecular weight excluding hydrogens is 494 g/mol. The van der Waals surface area contributed by atoms with Crippen LogP contribution in [0.5, 0.6) is 5.75 Å². The van der Waals surface area contributed by atoms with Crippen LogP contribution in [-0.2, 0) is 7.48 Å². The van der Waals surface area contributed by atoms with Gasteiger partial charge in [0.25, 0.3) is 0 Å². The molecule has 0 aliphatic rings. The summed E-state index contributed by atoms with van der Waals surface area (Å²) in [5.74, 6) is 0.156. The molecule has 0 aliphatic heterocycles. The van der Waals surface area contributed by atoms with E-state index in [1.165, 1.54) is 0 Å². The fourth-order valence-corrected chi connectivity index (χ4v) is 12.1. The van der Waals surface area contributed by atoms with Crippen molar-refractivity contribution < 1.29 is 12.2 Å². The number of ether oxygens (including phenoxy) is 1. The van der Waals surface area contributed by atoms with Gasteiger partial charge in [-0.25, -0.2) is 0 Å². The van der Waals surface area contributed by atoms with Gasteiger partial charge in [0, 0.05) is 0 Å². The molecule has 0 saturated heterocycles. The van der Waals surface area contributed by atoms with Gasteiger partial charge in [-0.15, -0.1) is 0 Å². The second kappa shape index (κ2) is 8.44. The van der Waals surface area contributed by atoms with E-state index in [9.17, 15) is 4.79 Å². The van der Waals surface area contributed by atoms with Gasteiger partial charge in [0.2, 0.25) is 0 Å². The molecule has 20 heavy (non-hydrogen) atoms. The van der Waals surface area contributed by atoms with Crippen LogP contribution in [0.1, 0.15) is 20.8 Å². The van der Waals surface area contributed by atoms with E-state index in [-0.39, 0.29) is 12.6 Å². The Morgan fingerprint density at radius 2 is 1.75 bits per heavy atom. The van der Waals surface area contributed by atoms with Crippen LogP contribution < -0.4 is 4.74 Å². The number of carbonyl (C=O) groups excluding carboxylic acids is 1. The molecule has 0 bridgehead atoms. The summed E-state index contributed by atoms with van der Waals surface area (Å²) in [6, 6.07) is 4.90. The van der Waals surface area contributed by atoms with E-state index in [0.29, 0.717) is 15.8 Å². The van der Waals surface area contributed by atoms with Crippen molar-refractivity contribution in [2.75, 3.05) is 6.61 Å². The predicted molar refractivity (Wildman–Crippen MR) is 85.2 cm³/mol. The molecule has 0 N–H and O–H groups in total. The number of benzene rings is 1. The van der Waals surface area contributed by atoms with Gasteiger partial charge < -0.3 is 0 Å². The number of halogens is 2. The van der Waals surface area contributed by atoms with E-state index in [4.69, 9.17) is 30.6 Å². The molecule has 0 unspecified atom stereocenters. The zero-order chi connectivity index (χ0) is 15.2. The first-order valence-corrected chi connectivity index (χ1v) is 17.3. The van der Waals surface area contributed by atoms with Crippen molar-refractivity contribution in [1.29, 1.82) is 0 Å². The minimum atomic E-state index is -2.84. The summed E-state index contributed by atoms with van der Waals surface area (Å²) in [5.41, 5.74) is 0. The van der Waals surface area contributed by atoms with Crippen LogP contribution in [0.15, 0.2) is 18.2 Å². The SMILES string of the molecule is C[CH2][Pb]([CH2]C)([CH2]C)[O]C(=O)COc1ccc(Cl)cc1Cl. The molecule has 0 spiro atoms. The average Bonchev–Trinajstić information content (AvgIpc) is 2.44. The quantitative estimate of drug-likeness (QED) is 0.485. The fraction of sp³-hybridized carbons (Fsp3) is 0.500. The van der Waals surface area contributed by atoms with Crippen LogP contribution in [-0.4, -0.2) is 34.2 Å². The Bertz CT molecular complexity index is 453. The second-order valence-corrected chi connectivity index (χ2v) is 23.7. The molecule has 1 rings (SSSR count). The van der Waals surface area contributed by atoms with Crippen molar-refractivity contribution in [2.45, 2.75) is 32.7 Å². The van der Waals surface area contributed by atoms with Crippen molar-refractivity contribution in [1.82, 2.24) is 0 Å². The predicted octanol–water partition coefficient (Wildman–Crippen LogP) is 4.92. The topological polar surface area (TPSA) is 35.5 Å². The number of hydrogen-bond donors (Lipinski definition) is 0. The van der Waals surface area contributed by atoms with E-state index in [2.05, 4.69) is 20.8 Å². The van der Waals surface area contributed by atoms with Crippen molar-refractivity contribution >= 4 is 50.8 Å². The molecule has 0 aliphatic carbocycles. The van der Waals surface area contributed by atoms with Crippen LogP contribution in [0.2, 0.25) is 22.0 Å². The summed E-state index contributed by atoms with van der Waals surface area (Å²) in [5, 5.41) is 0.923. The zero-order valence-corrected chi connectivity index (χ0v) is 17.4. The Morgan fingerprint density at radius 1 is 1.15 bits per heavy atom. The summed E-state index contributed by atoms with van der Waals surface area (Å²) in [6.45, 7) is 6.22. The third-order valence-electron chi connectivity index (χ3n) is 3.50. The molecule has 0 saturated carbocycles. The average molecular weight is 514 g/mol. The molecule has 6 heteroatoms. The second-order valence-electron chi connectivity index (χ2n) is 4.58. The first kappa shape index (κ1) is 18.0. The first-order chi connectivity index (χ1) is 9.46.